The first-order valence-electron chi connectivity index (χ1n) is 9.26. The summed E-state index contributed by atoms with van der Waals surface area (Å²) in [5, 5.41) is 10.9. The number of nitrogens with zero attached hydrogens (tertiary/aromatic N) is 3. The number of aromatic nitrogens is 3. The van der Waals surface area contributed by atoms with Crippen molar-refractivity contribution in [2.45, 2.75) is 31.8 Å². The van der Waals surface area contributed by atoms with Gasteiger partial charge in [0.05, 0.1) is 17.3 Å². The number of carbonyl (C=O) groups is 1. The molecule has 4 rings (SSSR count). The van der Waals surface area contributed by atoms with Gasteiger partial charge in [-0.25, -0.2) is 4.79 Å². The van der Waals surface area contributed by atoms with E-state index in [1.807, 2.05) is 41.3 Å². The molecule has 1 atom stereocenters. The number of likely N-dealkylation sites (tertiary alicyclic amines) is 1. The normalized spacial score (nSPS) is 17.2. The van der Waals surface area contributed by atoms with Crippen LogP contribution in [0.2, 0.25) is 0 Å². The smallest absolute Gasteiger partial charge is 0.318 e. The van der Waals surface area contributed by atoms with Crippen LogP contribution in [0, 0.1) is 0 Å². The summed E-state index contributed by atoms with van der Waals surface area (Å²) in [6.07, 6.45) is 4.68. The average Bonchev–Trinajstić information content (AvgIpc) is 3.24. The van der Waals surface area contributed by atoms with E-state index in [9.17, 15) is 9.59 Å². The van der Waals surface area contributed by atoms with Gasteiger partial charge in [-0.15, -0.1) is 0 Å². The fraction of sp³-hybridized carbons (Fsp3) is 0.350. The van der Waals surface area contributed by atoms with Crippen LogP contribution in [0.15, 0.2) is 47.4 Å². The maximum atomic E-state index is 12.8. The molecule has 1 aliphatic heterocycles. The molecule has 1 fully saturated rings. The number of pyridine rings is 1. The van der Waals surface area contributed by atoms with Gasteiger partial charge >= 0.3 is 6.03 Å². The SMILES string of the molecule is Cn1c(=O)c(CNC(=O)N2CCCCC2c2ccn[nH]2)cc2ccccc21. The van der Waals surface area contributed by atoms with E-state index in [1.165, 1.54) is 0 Å². The second-order valence-corrected chi connectivity index (χ2v) is 6.97. The third kappa shape index (κ3) is 3.32. The number of hydrogen-bond donors (Lipinski definition) is 2. The maximum absolute atomic E-state index is 12.8. The zero-order valence-electron chi connectivity index (χ0n) is 15.3. The number of urea groups is 1. The number of rotatable bonds is 3. The van der Waals surface area contributed by atoms with Crippen molar-refractivity contribution in [2.24, 2.45) is 7.05 Å². The Bertz CT molecular complexity index is 1010. The largest absolute Gasteiger partial charge is 0.334 e. The highest BCUT2D eigenvalue weighted by Crippen LogP contribution is 2.29. The van der Waals surface area contributed by atoms with Crippen LogP contribution in [-0.4, -0.2) is 32.2 Å². The molecular weight excluding hydrogens is 342 g/mol. The van der Waals surface area contributed by atoms with E-state index in [0.717, 1.165) is 35.9 Å². The van der Waals surface area contributed by atoms with Gasteiger partial charge in [0, 0.05) is 31.9 Å². The van der Waals surface area contributed by atoms with Crippen molar-refractivity contribution in [3.63, 3.8) is 0 Å². The third-order valence-corrected chi connectivity index (χ3v) is 5.28. The predicted molar refractivity (Wildman–Crippen MR) is 103 cm³/mol. The van der Waals surface area contributed by atoms with E-state index >= 15 is 0 Å². The molecule has 1 aromatic carbocycles. The summed E-state index contributed by atoms with van der Waals surface area (Å²) in [5.74, 6) is 0. The first-order valence-corrected chi connectivity index (χ1v) is 9.26. The van der Waals surface area contributed by atoms with Crippen molar-refractivity contribution < 1.29 is 4.79 Å². The van der Waals surface area contributed by atoms with E-state index in [1.54, 1.807) is 17.8 Å². The van der Waals surface area contributed by atoms with Crippen molar-refractivity contribution in [3.05, 3.63) is 64.2 Å². The Morgan fingerprint density at radius 1 is 1.30 bits per heavy atom. The number of hydrogen-bond acceptors (Lipinski definition) is 3. The number of benzene rings is 1. The number of H-pyrrole nitrogens is 1. The Morgan fingerprint density at radius 2 is 2.15 bits per heavy atom. The minimum atomic E-state index is -0.149. The molecule has 1 unspecified atom stereocenters. The first-order chi connectivity index (χ1) is 13.1. The molecule has 3 aromatic rings. The van der Waals surface area contributed by atoms with E-state index in [4.69, 9.17) is 0 Å². The average molecular weight is 365 g/mol. The highest BCUT2D eigenvalue weighted by Gasteiger charge is 2.28. The van der Waals surface area contributed by atoms with Gasteiger partial charge in [0.2, 0.25) is 0 Å². The molecule has 3 heterocycles. The fourth-order valence-corrected chi connectivity index (χ4v) is 3.84. The molecule has 0 spiro atoms. The van der Waals surface area contributed by atoms with Gasteiger partial charge in [-0.2, -0.15) is 5.10 Å². The van der Waals surface area contributed by atoms with Gasteiger partial charge in [-0.1, -0.05) is 18.2 Å². The Labute approximate surface area is 157 Å². The highest BCUT2D eigenvalue weighted by molar-refractivity contribution is 5.80. The maximum Gasteiger partial charge on any atom is 0.318 e. The number of piperidine rings is 1. The summed E-state index contributed by atoms with van der Waals surface area (Å²) in [7, 11) is 1.76. The number of amides is 2. The fourth-order valence-electron chi connectivity index (χ4n) is 3.84. The number of aromatic amines is 1. The second kappa shape index (κ2) is 7.26. The minimum absolute atomic E-state index is 0.000636. The molecule has 27 heavy (non-hydrogen) atoms. The molecule has 1 saturated heterocycles. The number of carbonyl (C=O) groups excluding carboxylic acids is 1. The Hall–Kier alpha value is -3.09. The molecule has 140 valence electrons. The molecular formula is C20H23N5O2. The monoisotopic (exact) mass is 365 g/mol. The number of nitrogens with one attached hydrogen (secondary N) is 2. The summed E-state index contributed by atoms with van der Waals surface area (Å²) >= 11 is 0. The van der Waals surface area contributed by atoms with Crippen molar-refractivity contribution in [1.82, 2.24) is 25.0 Å². The molecule has 1 aliphatic rings. The lowest BCUT2D eigenvalue weighted by atomic mass is 10.00. The lowest BCUT2D eigenvalue weighted by molar-refractivity contribution is 0.149. The number of fused-ring (bicyclic) bond motifs is 1. The van der Waals surface area contributed by atoms with Crippen LogP contribution in [0.5, 0.6) is 0 Å². The Balaban J connectivity index is 1.53. The molecule has 2 N–H and O–H groups in total. The molecule has 2 aromatic heterocycles. The standard InChI is InChI=1S/C20H23N5O2/c1-24-17-7-3-2-6-14(17)12-15(19(24)26)13-21-20(27)25-11-5-4-8-18(25)16-9-10-22-23-16/h2-3,6-7,9-10,12,18H,4-5,8,11,13H2,1H3,(H,21,27)(H,22,23). The number of aryl methyl sites for hydroxylation is 1. The molecule has 7 nitrogen and oxygen atoms in total. The van der Waals surface area contributed by atoms with Crippen LogP contribution in [0.1, 0.15) is 36.6 Å². The Morgan fingerprint density at radius 3 is 2.96 bits per heavy atom. The van der Waals surface area contributed by atoms with Crippen LogP contribution in [0.25, 0.3) is 10.9 Å². The zero-order chi connectivity index (χ0) is 18.8. The second-order valence-electron chi connectivity index (χ2n) is 6.97. The zero-order valence-corrected chi connectivity index (χ0v) is 15.3. The quantitative estimate of drug-likeness (QED) is 0.749. The molecule has 7 heteroatoms. The van der Waals surface area contributed by atoms with Crippen molar-refractivity contribution in [2.75, 3.05) is 6.54 Å². The first kappa shape index (κ1) is 17.3. The van der Waals surface area contributed by atoms with Gasteiger partial charge in [0.25, 0.3) is 5.56 Å². The third-order valence-electron chi connectivity index (χ3n) is 5.28. The lowest BCUT2D eigenvalue weighted by Crippen LogP contribution is -2.45. The van der Waals surface area contributed by atoms with Crippen LogP contribution in [-0.2, 0) is 13.6 Å². The van der Waals surface area contributed by atoms with E-state index < -0.39 is 0 Å². The van der Waals surface area contributed by atoms with Crippen molar-refractivity contribution in [1.29, 1.82) is 0 Å². The molecule has 0 bridgehead atoms. The molecule has 2 amide bonds. The molecule has 0 saturated carbocycles. The summed E-state index contributed by atoms with van der Waals surface area (Å²) in [6, 6.07) is 11.4. The van der Waals surface area contributed by atoms with Crippen LogP contribution in [0.3, 0.4) is 0 Å². The summed E-state index contributed by atoms with van der Waals surface area (Å²) < 4.78 is 1.63. The topological polar surface area (TPSA) is 83.0 Å². The number of para-hydroxylation sites is 1. The van der Waals surface area contributed by atoms with E-state index in [0.29, 0.717) is 12.1 Å². The van der Waals surface area contributed by atoms with E-state index in [-0.39, 0.29) is 24.2 Å². The van der Waals surface area contributed by atoms with E-state index in [2.05, 4.69) is 15.5 Å². The van der Waals surface area contributed by atoms with Gasteiger partial charge < -0.3 is 14.8 Å². The minimum Gasteiger partial charge on any atom is -0.334 e. The summed E-state index contributed by atoms with van der Waals surface area (Å²) in [4.78, 5) is 27.3. The highest BCUT2D eigenvalue weighted by atomic mass is 16.2. The van der Waals surface area contributed by atoms with Gasteiger partial charge in [-0.05, 0) is 42.8 Å². The van der Waals surface area contributed by atoms with Gasteiger partial charge in [0.15, 0.2) is 0 Å². The summed E-state index contributed by atoms with van der Waals surface area (Å²) in [6.45, 7) is 0.911. The van der Waals surface area contributed by atoms with Crippen LogP contribution in [0.4, 0.5) is 4.79 Å². The van der Waals surface area contributed by atoms with Gasteiger partial charge in [0.1, 0.15) is 0 Å². The molecule has 0 aliphatic carbocycles. The predicted octanol–water partition coefficient (Wildman–Crippen LogP) is 2.70. The molecule has 0 radical (unpaired) electrons. The van der Waals surface area contributed by atoms with Crippen molar-refractivity contribution >= 4 is 16.9 Å². The van der Waals surface area contributed by atoms with Crippen LogP contribution < -0.4 is 10.9 Å². The van der Waals surface area contributed by atoms with Crippen molar-refractivity contribution in [3.8, 4) is 0 Å². The Kier molecular flexibility index (Phi) is 4.66. The van der Waals surface area contributed by atoms with Crippen LogP contribution >= 0.6 is 0 Å². The summed E-state index contributed by atoms with van der Waals surface area (Å²) in [5.41, 5.74) is 2.33. The van der Waals surface area contributed by atoms with Gasteiger partial charge in [-0.3, -0.25) is 9.89 Å². The lowest BCUT2D eigenvalue weighted by Gasteiger charge is -2.35.